The first-order chi connectivity index (χ1) is 10.1. The zero-order valence-electron chi connectivity index (χ0n) is 12.5. The Kier molecular flexibility index (Phi) is 5.41. The average Bonchev–Trinajstić information content (AvgIpc) is 2.94. The number of carbonyl (C=O) groups excluding carboxylic acids is 1. The number of carbonyl (C=O) groups is 1. The molecule has 0 saturated heterocycles. The van der Waals surface area contributed by atoms with Crippen molar-refractivity contribution in [3.63, 3.8) is 0 Å². The molecule has 1 amide bonds. The fourth-order valence-corrected chi connectivity index (χ4v) is 2.58. The number of amides is 1. The highest BCUT2D eigenvalue weighted by molar-refractivity contribution is 7.14. The van der Waals surface area contributed by atoms with E-state index in [1.165, 1.54) is 11.3 Å². The van der Waals surface area contributed by atoms with Gasteiger partial charge in [-0.1, -0.05) is 6.92 Å². The quantitative estimate of drug-likeness (QED) is 0.860. The van der Waals surface area contributed by atoms with Crippen LogP contribution in [-0.2, 0) is 0 Å². The van der Waals surface area contributed by atoms with Gasteiger partial charge < -0.3 is 5.32 Å². The largest absolute Gasteiger partial charge is 0.309 e. The monoisotopic (exact) mass is 304 g/mol. The highest BCUT2D eigenvalue weighted by Gasteiger charge is 2.12. The lowest BCUT2D eigenvalue weighted by atomic mass is 10.2. The Balaban J connectivity index is 1.98. The van der Waals surface area contributed by atoms with Crippen molar-refractivity contribution in [2.24, 2.45) is 0 Å². The summed E-state index contributed by atoms with van der Waals surface area (Å²) in [6, 6.07) is 3.77. The average molecular weight is 304 g/mol. The number of thiazole rings is 1. The highest BCUT2D eigenvalue weighted by Crippen LogP contribution is 2.21. The Morgan fingerprint density at radius 3 is 2.90 bits per heavy atom. The highest BCUT2D eigenvalue weighted by atomic mass is 32.1. The van der Waals surface area contributed by atoms with Crippen LogP contribution in [0.15, 0.2) is 23.7 Å². The number of hydrogen-bond acceptors (Lipinski definition) is 5. The molecule has 0 aliphatic heterocycles. The minimum Gasteiger partial charge on any atom is -0.309 e. The molecule has 6 heteroatoms. The summed E-state index contributed by atoms with van der Waals surface area (Å²) >= 11 is 1.43. The van der Waals surface area contributed by atoms with Crippen molar-refractivity contribution in [3.05, 3.63) is 40.7 Å². The summed E-state index contributed by atoms with van der Waals surface area (Å²) < 4.78 is 0. The molecule has 0 saturated carbocycles. The number of nitrogens with one attached hydrogen (secondary N) is 2. The van der Waals surface area contributed by atoms with Gasteiger partial charge in [0.15, 0.2) is 5.13 Å². The van der Waals surface area contributed by atoms with Gasteiger partial charge in [-0.15, -0.1) is 11.3 Å². The minimum absolute atomic E-state index is 0.183. The maximum Gasteiger partial charge on any atom is 0.259 e. The third kappa shape index (κ3) is 4.34. The van der Waals surface area contributed by atoms with Gasteiger partial charge in [0, 0.05) is 23.3 Å². The van der Waals surface area contributed by atoms with Crippen molar-refractivity contribution in [1.29, 1.82) is 0 Å². The third-order valence-corrected chi connectivity index (χ3v) is 3.84. The second kappa shape index (κ2) is 7.28. The van der Waals surface area contributed by atoms with E-state index < -0.39 is 0 Å². The van der Waals surface area contributed by atoms with Crippen LogP contribution in [0.2, 0.25) is 0 Å². The summed E-state index contributed by atoms with van der Waals surface area (Å²) in [7, 11) is 0. The zero-order valence-corrected chi connectivity index (χ0v) is 13.3. The molecule has 2 rings (SSSR count). The van der Waals surface area contributed by atoms with Gasteiger partial charge in [0.2, 0.25) is 0 Å². The van der Waals surface area contributed by atoms with Gasteiger partial charge in [0.05, 0.1) is 11.3 Å². The molecule has 0 bridgehead atoms. The van der Waals surface area contributed by atoms with Gasteiger partial charge in [-0.2, -0.15) is 0 Å². The first-order valence-electron chi connectivity index (χ1n) is 7.03. The molecule has 0 aliphatic rings. The number of aromatic nitrogens is 2. The topological polar surface area (TPSA) is 66.9 Å². The van der Waals surface area contributed by atoms with Gasteiger partial charge in [0.25, 0.3) is 5.91 Å². The van der Waals surface area contributed by atoms with Crippen molar-refractivity contribution < 1.29 is 4.79 Å². The number of aryl methyl sites for hydroxylation is 1. The van der Waals surface area contributed by atoms with Crippen LogP contribution in [0.3, 0.4) is 0 Å². The lowest BCUT2D eigenvalue weighted by Crippen LogP contribution is -2.19. The van der Waals surface area contributed by atoms with E-state index in [0.29, 0.717) is 10.7 Å². The van der Waals surface area contributed by atoms with E-state index in [4.69, 9.17) is 0 Å². The van der Waals surface area contributed by atoms with Crippen LogP contribution < -0.4 is 10.6 Å². The molecule has 2 aromatic heterocycles. The van der Waals surface area contributed by atoms with Crippen molar-refractivity contribution in [2.75, 3.05) is 11.9 Å². The molecule has 0 radical (unpaired) electrons. The summed E-state index contributed by atoms with van der Waals surface area (Å²) in [6.07, 6.45) is 2.66. The number of pyridine rings is 1. The van der Waals surface area contributed by atoms with Crippen LogP contribution in [0.1, 0.15) is 48.1 Å². The predicted molar refractivity (Wildman–Crippen MR) is 85.7 cm³/mol. The first-order valence-corrected chi connectivity index (χ1v) is 7.91. The minimum atomic E-state index is -0.183. The van der Waals surface area contributed by atoms with Gasteiger partial charge in [0.1, 0.15) is 0 Å². The van der Waals surface area contributed by atoms with Gasteiger partial charge in [-0.3, -0.25) is 15.1 Å². The van der Waals surface area contributed by atoms with Gasteiger partial charge in [-0.05, 0) is 38.9 Å². The normalized spacial score (nSPS) is 12.1. The first kappa shape index (κ1) is 15.6. The lowest BCUT2D eigenvalue weighted by molar-refractivity contribution is 0.102. The third-order valence-electron chi connectivity index (χ3n) is 3.06. The van der Waals surface area contributed by atoms with E-state index >= 15 is 0 Å². The van der Waals surface area contributed by atoms with Crippen molar-refractivity contribution in [2.45, 2.75) is 33.2 Å². The fraction of sp³-hybridized carbons (Fsp3) is 0.400. The Morgan fingerprint density at radius 1 is 1.43 bits per heavy atom. The molecule has 1 atom stereocenters. The summed E-state index contributed by atoms with van der Waals surface area (Å²) in [5, 5.41) is 8.76. The van der Waals surface area contributed by atoms with Gasteiger partial charge >= 0.3 is 0 Å². The van der Waals surface area contributed by atoms with E-state index in [1.807, 2.05) is 18.4 Å². The lowest BCUT2D eigenvalue weighted by Gasteiger charge is -2.09. The Bertz CT molecular complexity index is 594. The standard InChI is InChI=1S/C15H20N4OS/c1-4-7-16-11(3)13-9-21-15(18-13)19-14(20)12-6-5-10(2)17-8-12/h5-6,8-9,11,16H,4,7H2,1-3H3,(H,18,19,20). The van der Waals surface area contributed by atoms with Crippen molar-refractivity contribution >= 4 is 22.4 Å². The molecule has 112 valence electrons. The van der Waals surface area contributed by atoms with Crippen LogP contribution in [0, 0.1) is 6.92 Å². The Morgan fingerprint density at radius 2 is 2.24 bits per heavy atom. The fourth-order valence-electron chi connectivity index (χ4n) is 1.78. The summed E-state index contributed by atoms with van der Waals surface area (Å²) in [5.41, 5.74) is 2.37. The Labute approximate surface area is 128 Å². The number of rotatable bonds is 6. The molecule has 21 heavy (non-hydrogen) atoms. The van der Waals surface area contributed by atoms with E-state index in [-0.39, 0.29) is 11.9 Å². The number of nitrogens with zero attached hydrogens (tertiary/aromatic N) is 2. The molecule has 2 heterocycles. The molecular formula is C15H20N4OS. The van der Waals surface area contributed by atoms with Crippen molar-refractivity contribution in [1.82, 2.24) is 15.3 Å². The zero-order chi connectivity index (χ0) is 15.2. The number of anilines is 1. The molecule has 2 aromatic rings. The van der Waals surface area contributed by atoms with Crippen LogP contribution in [-0.4, -0.2) is 22.4 Å². The van der Waals surface area contributed by atoms with Crippen LogP contribution >= 0.6 is 11.3 Å². The van der Waals surface area contributed by atoms with Crippen LogP contribution in [0.25, 0.3) is 0 Å². The molecule has 2 N–H and O–H groups in total. The summed E-state index contributed by atoms with van der Waals surface area (Å²) in [5.74, 6) is -0.183. The van der Waals surface area contributed by atoms with E-state index in [1.54, 1.807) is 12.3 Å². The second-order valence-electron chi connectivity index (χ2n) is 4.90. The predicted octanol–water partition coefficient (Wildman–Crippen LogP) is 3.16. The summed E-state index contributed by atoms with van der Waals surface area (Å²) in [4.78, 5) is 20.6. The Hall–Kier alpha value is -1.79. The molecule has 0 spiro atoms. The van der Waals surface area contributed by atoms with Gasteiger partial charge in [-0.25, -0.2) is 4.98 Å². The molecular weight excluding hydrogens is 284 g/mol. The van der Waals surface area contributed by atoms with Crippen LogP contribution in [0.5, 0.6) is 0 Å². The SMILES string of the molecule is CCCNC(C)c1csc(NC(=O)c2ccc(C)nc2)n1. The van der Waals surface area contributed by atoms with E-state index in [0.717, 1.165) is 24.4 Å². The molecule has 5 nitrogen and oxygen atoms in total. The molecule has 0 fully saturated rings. The molecule has 1 unspecified atom stereocenters. The smallest absolute Gasteiger partial charge is 0.259 e. The second-order valence-corrected chi connectivity index (χ2v) is 5.75. The van der Waals surface area contributed by atoms with Crippen LogP contribution in [0.4, 0.5) is 5.13 Å². The molecule has 0 aromatic carbocycles. The summed E-state index contributed by atoms with van der Waals surface area (Å²) in [6.45, 7) is 7.04. The number of hydrogen-bond donors (Lipinski definition) is 2. The van der Waals surface area contributed by atoms with Crippen molar-refractivity contribution in [3.8, 4) is 0 Å². The molecule has 0 aliphatic carbocycles. The maximum absolute atomic E-state index is 12.1. The van der Waals surface area contributed by atoms with E-state index in [9.17, 15) is 4.79 Å². The maximum atomic E-state index is 12.1. The van der Waals surface area contributed by atoms with E-state index in [2.05, 4.69) is 34.4 Å².